The maximum Gasteiger partial charge on any atom is 0.323 e. The van der Waals surface area contributed by atoms with Crippen molar-refractivity contribution >= 4 is 35.1 Å². The second kappa shape index (κ2) is 10.1. The topological polar surface area (TPSA) is 66.8 Å². The van der Waals surface area contributed by atoms with E-state index < -0.39 is 18.1 Å². The van der Waals surface area contributed by atoms with Crippen LogP contribution in [0, 0.1) is 0 Å². The average Bonchev–Trinajstić information content (AvgIpc) is 3.11. The van der Waals surface area contributed by atoms with Crippen molar-refractivity contribution in [2.24, 2.45) is 0 Å². The zero-order valence-corrected chi connectivity index (χ0v) is 20.3. The number of hydrogen-bond acceptors (Lipinski definition) is 3. The van der Waals surface area contributed by atoms with Crippen LogP contribution in [0.4, 0.5) is 0 Å². The number of fused-ring (bicyclic) bond motifs is 1. The van der Waals surface area contributed by atoms with E-state index >= 15 is 0 Å². The third-order valence-corrected chi connectivity index (χ3v) is 6.51. The van der Waals surface area contributed by atoms with E-state index in [-0.39, 0.29) is 18.9 Å². The molecular weight excluding hydrogens is 473 g/mol. The lowest BCUT2D eigenvalue weighted by molar-refractivity contribution is -0.144. The highest BCUT2D eigenvalue weighted by atomic mass is 35.5. The molecule has 0 saturated carbocycles. The van der Waals surface area contributed by atoms with E-state index in [1.165, 1.54) is 4.90 Å². The van der Waals surface area contributed by atoms with Gasteiger partial charge in [-0.25, -0.2) is 0 Å². The molecule has 0 bridgehead atoms. The number of nitrogens with zero attached hydrogens (tertiary/aromatic N) is 1. The molecule has 4 rings (SSSR count). The van der Waals surface area contributed by atoms with Crippen molar-refractivity contribution in [3.05, 3.63) is 99.0 Å². The number of aliphatic carboxylic acids is 1. The van der Waals surface area contributed by atoms with Crippen molar-refractivity contribution in [1.29, 1.82) is 0 Å². The fraction of sp³-hybridized carbons (Fsp3) is 0.259. The molecular formula is C27H25Cl2NO4. The highest BCUT2D eigenvalue weighted by Gasteiger charge is 2.35. The Bertz CT molecular complexity index is 1210. The first-order chi connectivity index (χ1) is 16.2. The van der Waals surface area contributed by atoms with Crippen LogP contribution < -0.4 is 4.74 Å². The standard InChI is InChI=1S/C27H25Cl2NO4/c1-27(14-18-6-9-22(28)10-7-18)15-21-12-19(8-11-24(21)34-27)13-25(31)30(17-26(32)33)16-20-4-2-3-5-23(20)29/h2-12H,13-17H2,1H3,(H,32,33)/t27-/m0/s1. The van der Waals surface area contributed by atoms with Gasteiger partial charge in [0.05, 0.1) is 6.42 Å². The Balaban J connectivity index is 1.46. The van der Waals surface area contributed by atoms with Gasteiger partial charge in [0, 0.05) is 29.4 Å². The number of carboxylic acids is 1. The van der Waals surface area contributed by atoms with Crippen molar-refractivity contribution < 1.29 is 19.4 Å². The molecule has 5 nitrogen and oxygen atoms in total. The summed E-state index contributed by atoms with van der Waals surface area (Å²) in [6, 6.07) is 20.6. The van der Waals surface area contributed by atoms with Gasteiger partial charge < -0.3 is 14.7 Å². The molecule has 1 amide bonds. The Labute approximate surface area is 208 Å². The average molecular weight is 498 g/mol. The number of carboxylic acid groups (broad SMARTS) is 1. The van der Waals surface area contributed by atoms with Crippen LogP contribution in [0.25, 0.3) is 0 Å². The summed E-state index contributed by atoms with van der Waals surface area (Å²) in [4.78, 5) is 25.7. The quantitative estimate of drug-likeness (QED) is 0.440. The van der Waals surface area contributed by atoms with E-state index in [1.54, 1.807) is 18.2 Å². The third-order valence-electron chi connectivity index (χ3n) is 5.89. The lowest BCUT2D eigenvalue weighted by atomic mass is 9.91. The Morgan fingerprint density at radius 1 is 1.03 bits per heavy atom. The normalized spacial score (nSPS) is 16.6. The fourth-order valence-corrected chi connectivity index (χ4v) is 4.65. The van der Waals surface area contributed by atoms with Gasteiger partial charge in [-0.3, -0.25) is 9.59 Å². The van der Waals surface area contributed by atoms with Gasteiger partial charge in [-0.05, 0) is 53.4 Å². The lowest BCUT2D eigenvalue weighted by Gasteiger charge is -2.24. The third kappa shape index (κ3) is 5.91. The molecule has 0 fully saturated rings. The summed E-state index contributed by atoms with van der Waals surface area (Å²) in [6.07, 6.45) is 1.54. The number of rotatable bonds is 8. The molecule has 3 aromatic carbocycles. The van der Waals surface area contributed by atoms with Crippen LogP contribution in [0.2, 0.25) is 10.0 Å². The van der Waals surface area contributed by atoms with Gasteiger partial charge in [0.2, 0.25) is 5.91 Å². The highest BCUT2D eigenvalue weighted by Crippen LogP contribution is 2.37. The van der Waals surface area contributed by atoms with E-state index in [9.17, 15) is 14.7 Å². The summed E-state index contributed by atoms with van der Waals surface area (Å²) < 4.78 is 6.26. The van der Waals surface area contributed by atoms with Gasteiger partial charge in [0.1, 0.15) is 17.9 Å². The maximum atomic E-state index is 13.0. The molecule has 0 spiro atoms. The molecule has 176 valence electrons. The predicted molar refractivity (Wildman–Crippen MR) is 133 cm³/mol. The van der Waals surface area contributed by atoms with Gasteiger partial charge in [0.25, 0.3) is 0 Å². The van der Waals surface area contributed by atoms with Gasteiger partial charge >= 0.3 is 5.97 Å². The van der Waals surface area contributed by atoms with E-state index in [0.717, 1.165) is 28.9 Å². The van der Waals surface area contributed by atoms with Crippen LogP contribution in [0.1, 0.15) is 29.2 Å². The summed E-state index contributed by atoms with van der Waals surface area (Å²) in [6.45, 7) is 1.82. The number of ether oxygens (including phenoxy) is 1. The van der Waals surface area contributed by atoms with E-state index in [2.05, 4.69) is 6.92 Å². The second-order valence-electron chi connectivity index (χ2n) is 8.89. The molecule has 1 heterocycles. The molecule has 1 aliphatic heterocycles. The molecule has 7 heteroatoms. The molecule has 0 saturated heterocycles. The molecule has 3 aromatic rings. The molecule has 0 radical (unpaired) electrons. The minimum atomic E-state index is -1.07. The van der Waals surface area contributed by atoms with E-state index in [1.807, 2.05) is 48.5 Å². The zero-order valence-electron chi connectivity index (χ0n) is 18.8. The summed E-state index contributed by atoms with van der Waals surface area (Å²) >= 11 is 12.2. The second-order valence-corrected chi connectivity index (χ2v) is 9.73. The molecule has 0 aliphatic carbocycles. The van der Waals surface area contributed by atoms with Gasteiger partial charge in [-0.2, -0.15) is 0 Å². The van der Waals surface area contributed by atoms with Crippen molar-refractivity contribution in [1.82, 2.24) is 4.90 Å². The number of carbonyl (C=O) groups excluding carboxylic acids is 1. The molecule has 0 unspecified atom stereocenters. The fourth-order valence-electron chi connectivity index (χ4n) is 4.33. The van der Waals surface area contributed by atoms with Crippen molar-refractivity contribution in [3.63, 3.8) is 0 Å². The first kappa shape index (κ1) is 24.1. The van der Waals surface area contributed by atoms with Crippen molar-refractivity contribution in [3.8, 4) is 5.75 Å². The number of halogens is 2. The molecule has 34 heavy (non-hydrogen) atoms. The molecule has 1 aliphatic rings. The Hall–Kier alpha value is -3.02. The van der Waals surface area contributed by atoms with Crippen LogP contribution in [0.15, 0.2) is 66.7 Å². The smallest absolute Gasteiger partial charge is 0.323 e. The Morgan fingerprint density at radius 2 is 1.74 bits per heavy atom. The Kier molecular flexibility index (Phi) is 7.15. The highest BCUT2D eigenvalue weighted by molar-refractivity contribution is 6.31. The monoisotopic (exact) mass is 497 g/mol. The SMILES string of the molecule is C[C@]1(Cc2ccc(Cl)cc2)Cc2cc(CC(=O)N(CC(=O)O)Cc3ccccc3Cl)ccc2O1. The minimum absolute atomic E-state index is 0.0961. The number of hydrogen-bond donors (Lipinski definition) is 1. The zero-order chi connectivity index (χ0) is 24.3. The number of amides is 1. The number of carbonyl (C=O) groups is 2. The maximum absolute atomic E-state index is 13.0. The van der Waals surface area contributed by atoms with Gasteiger partial charge in [0.15, 0.2) is 0 Å². The summed E-state index contributed by atoms with van der Waals surface area (Å²) in [7, 11) is 0. The first-order valence-corrected chi connectivity index (χ1v) is 11.7. The molecule has 1 N–H and O–H groups in total. The molecule has 0 aromatic heterocycles. The predicted octanol–water partition coefficient (Wildman–Crippen LogP) is 5.59. The van der Waals surface area contributed by atoms with Crippen LogP contribution in [0.3, 0.4) is 0 Å². The van der Waals surface area contributed by atoms with Crippen LogP contribution >= 0.6 is 23.2 Å². The minimum Gasteiger partial charge on any atom is -0.487 e. The van der Waals surface area contributed by atoms with Crippen LogP contribution in [0.5, 0.6) is 5.75 Å². The van der Waals surface area contributed by atoms with Gasteiger partial charge in [-0.1, -0.05) is 65.7 Å². The summed E-state index contributed by atoms with van der Waals surface area (Å²) in [5, 5.41) is 10.5. The van der Waals surface area contributed by atoms with Crippen LogP contribution in [-0.4, -0.2) is 34.0 Å². The van der Waals surface area contributed by atoms with E-state index in [0.29, 0.717) is 22.0 Å². The number of benzene rings is 3. The first-order valence-electron chi connectivity index (χ1n) is 11.0. The Morgan fingerprint density at radius 3 is 2.44 bits per heavy atom. The lowest BCUT2D eigenvalue weighted by Crippen LogP contribution is -2.36. The largest absolute Gasteiger partial charge is 0.487 e. The van der Waals surface area contributed by atoms with E-state index in [4.69, 9.17) is 27.9 Å². The van der Waals surface area contributed by atoms with Gasteiger partial charge in [-0.15, -0.1) is 0 Å². The van der Waals surface area contributed by atoms with Crippen LogP contribution in [-0.2, 0) is 35.4 Å². The van der Waals surface area contributed by atoms with Crippen molar-refractivity contribution in [2.75, 3.05) is 6.54 Å². The summed E-state index contributed by atoms with van der Waals surface area (Å²) in [5.74, 6) is -0.531. The summed E-state index contributed by atoms with van der Waals surface area (Å²) in [5.41, 5.74) is 3.31. The van der Waals surface area contributed by atoms with Crippen molar-refractivity contribution in [2.45, 2.75) is 38.3 Å². The molecule has 1 atom stereocenters.